The highest BCUT2D eigenvalue weighted by Gasteiger charge is 2.09. The Balaban J connectivity index is 2.75. The van der Waals surface area contributed by atoms with Gasteiger partial charge < -0.3 is 4.55 Å². The third-order valence-electron chi connectivity index (χ3n) is 1.97. The first-order valence-electron chi connectivity index (χ1n) is 4.50. The van der Waals surface area contributed by atoms with Crippen LogP contribution in [0, 0.1) is 0 Å². The second-order valence-corrected chi connectivity index (χ2v) is 5.40. The summed E-state index contributed by atoms with van der Waals surface area (Å²) in [7, 11) is -4.13. The molecule has 0 saturated carbocycles. The molecule has 0 saturated heterocycles. The monoisotopic (exact) mass is 293 g/mol. The molecule has 0 N–H and O–H groups in total. The third kappa shape index (κ3) is 4.72. The van der Waals surface area contributed by atoms with Gasteiger partial charge in [0, 0.05) is 24.3 Å². The van der Waals surface area contributed by atoms with Crippen molar-refractivity contribution < 1.29 is 17.5 Å². The molecule has 0 aromatic carbocycles. The Morgan fingerprint density at radius 2 is 2.13 bits per heavy atom. The van der Waals surface area contributed by atoms with Gasteiger partial charge in [-0.2, -0.15) is 0 Å². The fourth-order valence-electron chi connectivity index (χ4n) is 1.28. The first kappa shape index (κ1) is 12.6. The van der Waals surface area contributed by atoms with Crippen molar-refractivity contribution in [3.8, 4) is 0 Å². The molecule has 1 rings (SSSR count). The zero-order valence-electron chi connectivity index (χ0n) is 8.10. The fraction of sp³-hybridized carbons (Fsp3) is 0.444. The molecule has 4 nitrogen and oxygen atoms in total. The Labute approximate surface area is 97.8 Å². The summed E-state index contributed by atoms with van der Waals surface area (Å²) in [6.07, 6.45) is 2.13. The lowest BCUT2D eigenvalue weighted by Crippen LogP contribution is -2.39. The molecule has 0 aliphatic heterocycles. The smallest absolute Gasteiger partial charge is 0.182 e. The van der Waals surface area contributed by atoms with Crippen LogP contribution in [-0.2, 0) is 23.1 Å². The summed E-state index contributed by atoms with van der Waals surface area (Å²) in [5, 5.41) is 0.790. The minimum absolute atomic E-state index is 0.264. The number of aromatic nitrogens is 1. The first-order valence-corrected chi connectivity index (χ1v) is 7.20. The van der Waals surface area contributed by atoms with E-state index in [-0.39, 0.29) is 12.2 Å². The molecule has 0 amide bonds. The number of rotatable bonds is 5. The van der Waals surface area contributed by atoms with Gasteiger partial charge in [0.2, 0.25) is 0 Å². The summed E-state index contributed by atoms with van der Waals surface area (Å²) in [4.78, 5) is 0. The molecule has 84 valence electrons. The van der Waals surface area contributed by atoms with E-state index in [1.165, 1.54) is 0 Å². The van der Waals surface area contributed by atoms with Crippen molar-refractivity contribution in [2.24, 2.45) is 0 Å². The number of nitrogens with zero attached hydrogens (tertiary/aromatic N) is 1. The van der Waals surface area contributed by atoms with E-state index in [0.29, 0.717) is 0 Å². The van der Waals surface area contributed by atoms with Gasteiger partial charge in [-0.05, 0) is 0 Å². The van der Waals surface area contributed by atoms with Crippen LogP contribution >= 0.6 is 15.9 Å². The molecule has 1 aromatic heterocycles. The molecule has 0 unspecified atom stereocenters. The van der Waals surface area contributed by atoms with Crippen LogP contribution in [0.25, 0.3) is 0 Å². The lowest BCUT2D eigenvalue weighted by atomic mass is 10.3. The molecular formula is C9H12BrNO3S. The molecule has 6 heteroatoms. The fourth-order valence-corrected chi connectivity index (χ4v) is 2.12. The van der Waals surface area contributed by atoms with E-state index in [1.807, 2.05) is 29.0 Å². The van der Waals surface area contributed by atoms with E-state index in [9.17, 15) is 13.0 Å². The molecule has 1 heterocycles. The summed E-state index contributed by atoms with van der Waals surface area (Å²) in [6, 6.07) is 5.53. The van der Waals surface area contributed by atoms with Gasteiger partial charge in [-0.3, -0.25) is 0 Å². The van der Waals surface area contributed by atoms with Crippen molar-refractivity contribution in [3.63, 3.8) is 0 Å². The van der Waals surface area contributed by atoms with Gasteiger partial charge in [0.25, 0.3) is 0 Å². The van der Waals surface area contributed by atoms with Crippen molar-refractivity contribution in [2.75, 3.05) is 11.1 Å². The predicted octanol–water partition coefficient (Wildman–Crippen LogP) is 0.457. The molecule has 15 heavy (non-hydrogen) atoms. The topological polar surface area (TPSA) is 61.1 Å². The number of aryl methyl sites for hydroxylation is 2. The first-order chi connectivity index (χ1) is 7.03. The molecule has 0 atom stereocenters. The Hall–Kier alpha value is -0.460. The average Bonchev–Trinajstić information content (AvgIpc) is 2.16. The number of hydrogen-bond acceptors (Lipinski definition) is 3. The van der Waals surface area contributed by atoms with Gasteiger partial charge in [0.15, 0.2) is 18.4 Å². The maximum Gasteiger partial charge on any atom is 0.182 e. The van der Waals surface area contributed by atoms with E-state index in [1.54, 1.807) is 0 Å². The standard InChI is InChI=1S/C9H12BrNO3S/c10-5-7-11-6-2-1-3-9(11)4-8-15(12,13)14/h1-3,6H,4-5,7-8H2. The molecule has 0 spiro atoms. The quantitative estimate of drug-likeness (QED) is 0.450. The Morgan fingerprint density at radius 1 is 1.40 bits per heavy atom. The number of halogens is 1. The van der Waals surface area contributed by atoms with Crippen LogP contribution in [0.1, 0.15) is 5.69 Å². The highest BCUT2D eigenvalue weighted by Crippen LogP contribution is 1.96. The van der Waals surface area contributed by atoms with Crippen LogP contribution in [-0.4, -0.2) is 24.1 Å². The summed E-state index contributed by atoms with van der Waals surface area (Å²) >= 11 is 3.31. The van der Waals surface area contributed by atoms with Gasteiger partial charge in [-0.1, -0.05) is 22.0 Å². The van der Waals surface area contributed by atoms with Gasteiger partial charge in [-0.25, -0.2) is 13.0 Å². The second-order valence-electron chi connectivity index (χ2n) is 3.09. The van der Waals surface area contributed by atoms with Crippen LogP contribution in [0.4, 0.5) is 0 Å². The van der Waals surface area contributed by atoms with Crippen LogP contribution < -0.4 is 4.57 Å². The lowest BCUT2D eigenvalue weighted by Gasteiger charge is -2.06. The molecule has 0 bridgehead atoms. The summed E-state index contributed by atoms with van der Waals surface area (Å²) < 4.78 is 33.4. The van der Waals surface area contributed by atoms with Crippen LogP contribution in [0.2, 0.25) is 0 Å². The zero-order valence-corrected chi connectivity index (χ0v) is 10.5. The van der Waals surface area contributed by atoms with E-state index < -0.39 is 10.1 Å². The highest BCUT2D eigenvalue weighted by molar-refractivity contribution is 9.09. The zero-order chi connectivity index (χ0) is 11.3. The molecule has 0 aliphatic carbocycles. The molecular weight excluding hydrogens is 282 g/mol. The van der Waals surface area contributed by atoms with Crippen molar-refractivity contribution in [1.82, 2.24) is 0 Å². The maximum absolute atomic E-state index is 10.5. The van der Waals surface area contributed by atoms with Gasteiger partial charge in [-0.15, -0.1) is 0 Å². The summed E-state index contributed by atoms with van der Waals surface area (Å²) in [5.74, 6) is -0.348. The van der Waals surface area contributed by atoms with Crippen LogP contribution in [0.15, 0.2) is 24.4 Å². The van der Waals surface area contributed by atoms with Gasteiger partial charge in [0.05, 0.1) is 15.4 Å². The normalized spacial score (nSPS) is 11.6. The largest absolute Gasteiger partial charge is 0.748 e. The highest BCUT2D eigenvalue weighted by atomic mass is 79.9. The molecule has 0 fully saturated rings. The summed E-state index contributed by atoms with van der Waals surface area (Å²) in [6.45, 7) is 0.759. The van der Waals surface area contributed by atoms with E-state index in [2.05, 4.69) is 15.9 Å². The second kappa shape index (κ2) is 5.58. The Kier molecular flexibility index (Phi) is 4.69. The van der Waals surface area contributed by atoms with Crippen molar-refractivity contribution in [3.05, 3.63) is 30.1 Å². The van der Waals surface area contributed by atoms with Gasteiger partial charge in [0.1, 0.15) is 0 Å². The van der Waals surface area contributed by atoms with Gasteiger partial charge >= 0.3 is 0 Å². The summed E-state index contributed by atoms with van der Waals surface area (Å²) in [5.41, 5.74) is 0.858. The van der Waals surface area contributed by atoms with E-state index in [0.717, 1.165) is 17.6 Å². The van der Waals surface area contributed by atoms with Crippen molar-refractivity contribution >= 4 is 26.0 Å². The SMILES string of the molecule is O=S(=O)([O-])CCc1cccc[n+]1CCBr. The Bertz CT molecular complexity index is 419. The van der Waals surface area contributed by atoms with E-state index >= 15 is 0 Å². The van der Waals surface area contributed by atoms with Crippen molar-refractivity contribution in [1.29, 1.82) is 0 Å². The van der Waals surface area contributed by atoms with Crippen molar-refractivity contribution in [2.45, 2.75) is 13.0 Å². The Morgan fingerprint density at radius 3 is 2.73 bits per heavy atom. The van der Waals surface area contributed by atoms with Crippen LogP contribution in [0.3, 0.4) is 0 Å². The van der Waals surface area contributed by atoms with E-state index in [4.69, 9.17) is 0 Å². The number of alkyl halides is 1. The third-order valence-corrected chi connectivity index (χ3v) is 3.03. The molecule has 0 radical (unpaired) electrons. The molecule has 1 aromatic rings. The average molecular weight is 294 g/mol. The number of hydrogen-bond donors (Lipinski definition) is 0. The number of pyridine rings is 1. The minimum Gasteiger partial charge on any atom is -0.748 e. The maximum atomic E-state index is 10.5. The lowest BCUT2D eigenvalue weighted by molar-refractivity contribution is -0.699. The van der Waals surface area contributed by atoms with Crippen LogP contribution in [0.5, 0.6) is 0 Å². The minimum atomic E-state index is -4.13. The predicted molar refractivity (Wildman–Crippen MR) is 58.7 cm³/mol. The molecule has 0 aliphatic rings.